The second-order valence-electron chi connectivity index (χ2n) is 4.77. The molecule has 0 atom stereocenters. The second-order valence-corrected chi connectivity index (χ2v) is 4.77. The van der Waals surface area contributed by atoms with Gasteiger partial charge in [0.25, 0.3) is 0 Å². The molecular weight excluding hydrogens is 204 g/mol. The first-order valence-electron chi connectivity index (χ1n) is 5.79. The molecule has 0 fully saturated rings. The van der Waals surface area contributed by atoms with Gasteiger partial charge in [0.1, 0.15) is 11.5 Å². The summed E-state index contributed by atoms with van der Waals surface area (Å²) in [4.78, 5) is 18.1. The predicted octanol–water partition coefficient (Wildman–Crippen LogP) is 1.91. The molecule has 0 aliphatic carbocycles. The van der Waals surface area contributed by atoms with E-state index in [1.165, 1.54) is 0 Å². The molecule has 4 heteroatoms. The summed E-state index contributed by atoms with van der Waals surface area (Å²) in [6.07, 6.45) is 1.41. The first kappa shape index (κ1) is 11.2. The number of aryl methyl sites for hydroxylation is 1. The Balaban J connectivity index is 2.04. The van der Waals surface area contributed by atoms with Crippen LogP contribution in [0.15, 0.2) is 4.42 Å². The predicted molar refractivity (Wildman–Crippen MR) is 59.8 cm³/mol. The summed E-state index contributed by atoms with van der Waals surface area (Å²) < 4.78 is 5.47. The number of hydrogen-bond acceptors (Lipinski definition) is 3. The first-order valence-corrected chi connectivity index (χ1v) is 5.79. The molecule has 2 heterocycles. The van der Waals surface area contributed by atoms with Crippen molar-refractivity contribution in [3.63, 3.8) is 0 Å². The van der Waals surface area contributed by atoms with Gasteiger partial charge in [0.2, 0.25) is 5.91 Å². The highest BCUT2D eigenvalue weighted by Gasteiger charge is 2.24. The first-order chi connectivity index (χ1) is 7.56. The van der Waals surface area contributed by atoms with E-state index in [0.717, 1.165) is 24.4 Å². The summed E-state index contributed by atoms with van der Waals surface area (Å²) in [7, 11) is 0. The number of nitrogens with zero attached hydrogens (tertiary/aromatic N) is 2. The minimum atomic E-state index is 0.223. The maximum Gasteiger partial charge on any atom is 0.223 e. The van der Waals surface area contributed by atoms with Crippen molar-refractivity contribution in [2.45, 2.75) is 40.2 Å². The van der Waals surface area contributed by atoms with Crippen molar-refractivity contribution in [2.75, 3.05) is 6.54 Å². The third-order valence-electron chi connectivity index (χ3n) is 2.77. The van der Waals surface area contributed by atoms with E-state index in [4.69, 9.17) is 4.42 Å². The zero-order valence-corrected chi connectivity index (χ0v) is 10.1. The van der Waals surface area contributed by atoms with Crippen LogP contribution in [0.25, 0.3) is 0 Å². The van der Waals surface area contributed by atoms with Crippen LogP contribution >= 0.6 is 0 Å². The number of carbonyl (C=O) groups excluding carboxylic acids is 1. The topological polar surface area (TPSA) is 46.3 Å². The van der Waals surface area contributed by atoms with Crippen LogP contribution in [0.4, 0.5) is 0 Å². The molecule has 0 spiro atoms. The molecule has 88 valence electrons. The van der Waals surface area contributed by atoms with Gasteiger partial charge in [-0.15, -0.1) is 0 Å². The highest BCUT2D eigenvalue weighted by atomic mass is 16.4. The van der Waals surface area contributed by atoms with E-state index in [1.54, 1.807) is 0 Å². The van der Waals surface area contributed by atoms with Gasteiger partial charge in [0.15, 0.2) is 5.89 Å². The van der Waals surface area contributed by atoms with Gasteiger partial charge in [-0.25, -0.2) is 4.98 Å². The Morgan fingerprint density at radius 1 is 1.56 bits per heavy atom. The van der Waals surface area contributed by atoms with Crippen molar-refractivity contribution in [3.05, 3.63) is 17.3 Å². The molecule has 0 radical (unpaired) electrons. The van der Waals surface area contributed by atoms with E-state index in [1.807, 2.05) is 11.8 Å². The van der Waals surface area contributed by atoms with Crippen LogP contribution in [0, 0.1) is 12.8 Å². The Bertz CT molecular complexity index is 396. The molecule has 2 rings (SSSR count). The zero-order chi connectivity index (χ0) is 11.7. The minimum absolute atomic E-state index is 0.223. The molecule has 1 aliphatic rings. The Hall–Kier alpha value is -1.32. The smallest absolute Gasteiger partial charge is 0.223 e. The largest absolute Gasteiger partial charge is 0.446 e. The van der Waals surface area contributed by atoms with Gasteiger partial charge >= 0.3 is 0 Å². The van der Waals surface area contributed by atoms with Crippen molar-refractivity contribution >= 4 is 5.91 Å². The summed E-state index contributed by atoms with van der Waals surface area (Å²) >= 11 is 0. The standard InChI is InChI=1S/C12H18N2O2/c1-8(2)6-12(15)14-5-4-11-10(7-14)13-9(3)16-11/h8H,4-7H2,1-3H3. The van der Waals surface area contributed by atoms with Crippen molar-refractivity contribution in [1.29, 1.82) is 0 Å². The lowest BCUT2D eigenvalue weighted by atomic mass is 10.1. The highest BCUT2D eigenvalue weighted by Crippen LogP contribution is 2.20. The van der Waals surface area contributed by atoms with Gasteiger partial charge in [-0.1, -0.05) is 13.8 Å². The normalized spacial score (nSPS) is 15.4. The summed E-state index contributed by atoms with van der Waals surface area (Å²) in [5.41, 5.74) is 0.931. The maximum absolute atomic E-state index is 11.9. The Kier molecular flexibility index (Phi) is 2.99. The maximum atomic E-state index is 11.9. The van der Waals surface area contributed by atoms with Crippen LogP contribution in [0.1, 0.15) is 37.6 Å². The number of aromatic nitrogens is 1. The van der Waals surface area contributed by atoms with Crippen LogP contribution < -0.4 is 0 Å². The van der Waals surface area contributed by atoms with Crippen molar-refractivity contribution in [1.82, 2.24) is 9.88 Å². The number of oxazole rings is 1. The highest BCUT2D eigenvalue weighted by molar-refractivity contribution is 5.76. The average Bonchev–Trinajstić information content (AvgIpc) is 2.55. The Morgan fingerprint density at radius 3 is 3.00 bits per heavy atom. The number of rotatable bonds is 2. The summed E-state index contributed by atoms with van der Waals surface area (Å²) in [5, 5.41) is 0. The van der Waals surface area contributed by atoms with E-state index >= 15 is 0 Å². The SMILES string of the molecule is Cc1nc2c(o1)CCN(C(=O)CC(C)C)C2. The van der Waals surface area contributed by atoms with E-state index in [9.17, 15) is 4.79 Å². The van der Waals surface area contributed by atoms with Crippen LogP contribution in [0.2, 0.25) is 0 Å². The summed E-state index contributed by atoms with van der Waals surface area (Å²) in [6.45, 7) is 7.34. The fourth-order valence-corrected chi connectivity index (χ4v) is 2.02. The number of hydrogen-bond donors (Lipinski definition) is 0. The van der Waals surface area contributed by atoms with Gasteiger partial charge in [0.05, 0.1) is 6.54 Å². The monoisotopic (exact) mass is 222 g/mol. The molecule has 1 aliphatic heterocycles. The molecule has 0 aromatic carbocycles. The lowest BCUT2D eigenvalue weighted by Gasteiger charge is -2.26. The molecular formula is C12H18N2O2. The van der Waals surface area contributed by atoms with E-state index < -0.39 is 0 Å². The number of amides is 1. The van der Waals surface area contributed by atoms with Gasteiger partial charge in [-0.2, -0.15) is 0 Å². The van der Waals surface area contributed by atoms with Crippen LogP contribution in [-0.2, 0) is 17.8 Å². The van der Waals surface area contributed by atoms with Gasteiger partial charge in [0, 0.05) is 26.3 Å². The second kappa shape index (κ2) is 4.28. The van der Waals surface area contributed by atoms with Crippen molar-refractivity contribution < 1.29 is 9.21 Å². The Labute approximate surface area is 95.6 Å². The fraction of sp³-hybridized carbons (Fsp3) is 0.667. The number of fused-ring (bicyclic) bond motifs is 1. The molecule has 0 bridgehead atoms. The van der Waals surface area contributed by atoms with E-state index in [2.05, 4.69) is 18.8 Å². The van der Waals surface area contributed by atoms with Crippen LogP contribution in [0.5, 0.6) is 0 Å². The third kappa shape index (κ3) is 2.26. The molecule has 0 saturated carbocycles. The molecule has 1 amide bonds. The van der Waals surface area contributed by atoms with Crippen molar-refractivity contribution in [3.8, 4) is 0 Å². The lowest BCUT2D eigenvalue weighted by Crippen LogP contribution is -2.36. The molecule has 1 aromatic rings. The molecule has 16 heavy (non-hydrogen) atoms. The molecule has 1 aromatic heterocycles. The van der Waals surface area contributed by atoms with Gasteiger partial charge in [-0.05, 0) is 5.92 Å². The van der Waals surface area contributed by atoms with Crippen LogP contribution in [-0.4, -0.2) is 22.3 Å². The minimum Gasteiger partial charge on any atom is -0.446 e. The summed E-state index contributed by atoms with van der Waals surface area (Å²) in [5.74, 6) is 2.28. The molecule has 0 N–H and O–H groups in total. The Morgan fingerprint density at radius 2 is 2.31 bits per heavy atom. The summed E-state index contributed by atoms with van der Waals surface area (Å²) in [6, 6.07) is 0. The average molecular weight is 222 g/mol. The molecule has 0 saturated heterocycles. The zero-order valence-electron chi connectivity index (χ0n) is 10.1. The molecule has 0 unspecified atom stereocenters. The van der Waals surface area contributed by atoms with E-state index in [-0.39, 0.29) is 5.91 Å². The fourth-order valence-electron chi connectivity index (χ4n) is 2.02. The van der Waals surface area contributed by atoms with E-state index in [0.29, 0.717) is 24.8 Å². The third-order valence-corrected chi connectivity index (χ3v) is 2.77. The quantitative estimate of drug-likeness (QED) is 0.768. The molecule has 4 nitrogen and oxygen atoms in total. The van der Waals surface area contributed by atoms with Gasteiger partial charge in [-0.3, -0.25) is 4.79 Å². The lowest BCUT2D eigenvalue weighted by molar-refractivity contribution is -0.133. The van der Waals surface area contributed by atoms with Crippen molar-refractivity contribution in [2.24, 2.45) is 5.92 Å². The van der Waals surface area contributed by atoms with Gasteiger partial charge < -0.3 is 9.32 Å². The number of carbonyl (C=O) groups is 1. The van der Waals surface area contributed by atoms with Crippen LogP contribution in [0.3, 0.4) is 0 Å².